The van der Waals surface area contributed by atoms with E-state index >= 15 is 0 Å². The maximum absolute atomic E-state index is 12.7. The molecule has 0 saturated carbocycles. The minimum Gasteiger partial charge on any atom is -0.487 e. The summed E-state index contributed by atoms with van der Waals surface area (Å²) in [4.78, 5) is 24.4. The first-order chi connectivity index (χ1) is 12.7. The predicted octanol–water partition coefficient (Wildman–Crippen LogP) is 2.32. The van der Waals surface area contributed by atoms with Crippen molar-refractivity contribution in [2.45, 2.75) is 24.8 Å². The van der Waals surface area contributed by atoms with Gasteiger partial charge in [-0.2, -0.15) is 0 Å². The van der Waals surface area contributed by atoms with Crippen LogP contribution in [0, 0.1) is 0 Å². The number of ether oxygens (including phenoxy) is 1. The third-order valence-corrected chi connectivity index (χ3v) is 5.42. The molecule has 8 nitrogen and oxygen atoms in total. The summed E-state index contributed by atoms with van der Waals surface area (Å²) in [6.07, 6.45) is -0.208. The predicted molar refractivity (Wildman–Crippen MR) is 98.8 cm³/mol. The Bertz CT molecular complexity index is 1020. The van der Waals surface area contributed by atoms with E-state index in [1.54, 1.807) is 0 Å². The average Bonchev–Trinajstić information content (AvgIpc) is 2.60. The quantitative estimate of drug-likeness (QED) is 0.828. The number of nitrogens with one attached hydrogen (secondary N) is 1. The van der Waals surface area contributed by atoms with Crippen LogP contribution in [0.3, 0.4) is 0 Å². The number of carbonyl (C=O) groups is 2. The largest absolute Gasteiger partial charge is 0.487 e. The van der Waals surface area contributed by atoms with E-state index in [2.05, 4.69) is 4.72 Å². The van der Waals surface area contributed by atoms with E-state index in [1.165, 1.54) is 54.3 Å². The molecular formula is C18H18N2O6S. The van der Waals surface area contributed by atoms with Gasteiger partial charge >= 0.3 is 5.97 Å². The van der Waals surface area contributed by atoms with Gasteiger partial charge in [0.25, 0.3) is 10.0 Å². The highest BCUT2D eigenvalue weighted by Gasteiger charge is 2.28. The third-order valence-electron chi connectivity index (χ3n) is 4.04. The Morgan fingerprint density at radius 1 is 1.22 bits per heavy atom. The summed E-state index contributed by atoms with van der Waals surface area (Å²) in [5.74, 6) is -0.952. The number of hydrogen-bond donors (Lipinski definition) is 2. The molecule has 0 radical (unpaired) electrons. The Morgan fingerprint density at radius 3 is 2.63 bits per heavy atom. The summed E-state index contributed by atoms with van der Waals surface area (Å²) in [6, 6.07) is 9.73. The topological polar surface area (TPSA) is 113 Å². The Hall–Kier alpha value is -3.07. The van der Waals surface area contributed by atoms with Crippen LogP contribution < -0.4 is 14.4 Å². The van der Waals surface area contributed by atoms with Crippen molar-refractivity contribution in [1.29, 1.82) is 0 Å². The van der Waals surface area contributed by atoms with Crippen molar-refractivity contribution in [2.75, 3.05) is 16.2 Å². The lowest BCUT2D eigenvalue weighted by molar-refractivity contribution is -0.117. The van der Waals surface area contributed by atoms with Crippen LogP contribution >= 0.6 is 0 Å². The highest BCUT2D eigenvalue weighted by molar-refractivity contribution is 7.92. The molecule has 1 heterocycles. The number of carbonyl (C=O) groups excluding carboxylic acids is 1. The minimum absolute atomic E-state index is 0.0363. The SMILES string of the molecule is CC(=O)N1CC(C)Oc2ccc(S(=O)(=O)Nc3cccc(C(=O)O)c3)cc21. The molecule has 0 bridgehead atoms. The van der Waals surface area contributed by atoms with Gasteiger partial charge in [0.2, 0.25) is 5.91 Å². The van der Waals surface area contributed by atoms with E-state index in [1.807, 2.05) is 6.92 Å². The lowest BCUT2D eigenvalue weighted by Gasteiger charge is -2.33. The number of amides is 1. The second-order valence-corrected chi connectivity index (χ2v) is 7.86. The molecule has 2 aromatic carbocycles. The van der Waals surface area contributed by atoms with E-state index in [0.29, 0.717) is 18.0 Å². The number of anilines is 2. The van der Waals surface area contributed by atoms with E-state index in [4.69, 9.17) is 9.84 Å². The molecule has 2 N–H and O–H groups in total. The normalized spacial score (nSPS) is 16.2. The molecule has 0 fully saturated rings. The fraction of sp³-hybridized carbons (Fsp3) is 0.222. The molecule has 142 valence electrons. The van der Waals surface area contributed by atoms with E-state index in [9.17, 15) is 18.0 Å². The Balaban J connectivity index is 1.96. The first-order valence-corrected chi connectivity index (χ1v) is 9.60. The Kier molecular flexibility index (Phi) is 4.79. The summed E-state index contributed by atoms with van der Waals surface area (Å²) in [6.45, 7) is 3.54. The second kappa shape index (κ2) is 6.92. The molecule has 27 heavy (non-hydrogen) atoms. The Morgan fingerprint density at radius 2 is 1.96 bits per heavy atom. The molecule has 1 aliphatic rings. The maximum Gasteiger partial charge on any atom is 0.335 e. The number of nitrogens with zero attached hydrogens (tertiary/aromatic N) is 1. The highest BCUT2D eigenvalue weighted by atomic mass is 32.2. The number of carboxylic acid groups (broad SMARTS) is 1. The smallest absolute Gasteiger partial charge is 0.335 e. The van der Waals surface area contributed by atoms with E-state index in [0.717, 1.165) is 0 Å². The van der Waals surface area contributed by atoms with Crippen LogP contribution in [-0.4, -0.2) is 38.0 Å². The molecule has 0 spiro atoms. The van der Waals surface area contributed by atoms with Crippen molar-refractivity contribution in [1.82, 2.24) is 0 Å². The first kappa shape index (κ1) is 18.7. The number of carboxylic acids is 1. The number of rotatable bonds is 4. The summed E-state index contributed by atoms with van der Waals surface area (Å²) in [7, 11) is -3.99. The molecule has 1 atom stereocenters. The summed E-state index contributed by atoms with van der Waals surface area (Å²) in [5.41, 5.74) is 0.467. The van der Waals surface area contributed by atoms with Crippen molar-refractivity contribution >= 4 is 33.3 Å². The highest BCUT2D eigenvalue weighted by Crippen LogP contribution is 2.35. The number of fused-ring (bicyclic) bond motifs is 1. The number of benzene rings is 2. The zero-order chi connectivity index (χ0) is 19.8. The van der Waals surface area contributed by atoms with Gasteiger partial charge in [0.15, 0.2) is 0 Å². The van der Waals surface area contributed by atoms with Crippen molar-refractivity contribution in [3.63, 3.8) is 0 Å². The lowest BCUT2D eigenvalue weighted by atomic mass is 10.2. The van der Waals surface area contributed by atoms with Crippen LogP contribution in [0.2, 0.25) is 0 Å². The van der Waals surface area contributed by atoms with Gasteiger partial charge in [-0.3, -0.25) is 9.52 Å². The molecule has 3 rings (SSSR count). The molecule has 1 aliphatic heterocycles. The van der Waals surface area contributed by atoms with Gasteiger partial charge in [0.1, 0.15) is 11.9 Å². The van der Waals surface area contributed by atoms with E-state index in [-0.39, 0.29) is 28.2 Å². The number of aromatic carboxylic acids is 1. The number of hydrogen-bond acceptors (Lipinski definition) is 5. The summed E-state index contributed by atoms with van der Waals surface area (Å²) >= 11 is 0. The fourth-order valence-corrected chi connectivity index (χ4v) is 3.88. The van der Waals surface area contributed by atoms with Gasteiger partial charge in [0.05, 0.1) is 22.7 Å². The van der Waals surface area contributed by atoms with Gasteiger partial charge in [-0.15, -0.1) is 0 Å². The van der Waals surface area contributed by atoms with Gasteiger partial charge in [-0.1, -0.05) is 6.07 Å². The van der Waals surface area contributed by atoms with Gasteiger partial charge in [0, 0.05) is 12.6 Å². The zero-order valence-corrected chi connectivity index (χ0v) is 15.5. The van der Waals surface area contributed by atoms with Crippen molar-refractivity contribution in [2.24, 2.45) is 0 Å². The second-order valence-electron chi connectivity index (χ2n) is 6.18. The number of sulfonamides is 1. The van der Waals surface area contributed by atoms with Crippen LogP contribution in [0.25, 0.3) is 0 Å². The van der Waals surface area contributed by atoms with Crippen molar-refractivity contribution < 1.29 is 27.9 Å². The minimum atomic E-state index is -3.99. The van der Waals surface area contributed by atoms with Crippen LogP contribution in [-0.2, 0) is 14.8 Å². The summed E-state index contributed by atoms with van der Waals surface area (Å²) in [5, 5.41) is 9.03. The monoisotopic (exact) mass is 390 g/mol. The van der Waals surface area contributed by atoms with Gasteiger partial charge in [-0.05, 0) is 43.3 Å². The Labute approximate surface area is 156 Å². The van der Waals surface area contributed by atoms with Crippen molar-refractivity contribution in [3.05, 3.63) is 48.0 Å². The van der Waals surface area contributed by atoms with Crippen LogP contribution in [0.1, 0.15) is 24.2 Å². The standard InChI is InChI=1S/C18H18N2O6S/c1-11-10-20(12(2)21)16-9-15(6-7-17(16)26-11)27(24,25)19-14-5-3-4-13(8-14)18(22)23/h3-9,11,19H,10H2,1-2H3,(H,22,23). The molecule has 0 aliphatic carbocycles. The molecule has 9 heteroatoms. The van der Waals surface area contributed by atoms with E-state index < -0.39 is 16.0 Å². The van der Waals surface area contributed by atoms with Gasteiger partial charge in [-0.25, -0.2) is 13.2 Å². The third kappa shape index (κ3) is 3.87. The van der Waals surface area contributed by atoms with Crippen molar-refractivity contribution in [3.8, 4) is 5.75 Å². The zero-order valence-electron chi connectivity index (χ0n) is 14.7. The molecule has 0 saturated heterocycles. The molecular weight excluding hydrogens is 372 g/mol. The molecule has 2 aromatic rings. The van der Waals surface area contributed by atoms with Crippen LogP contribution in [0.15, 0.2) is 47.4 Å². The molecule has 0 aromatic heterocycles. The molecule has 1 unspecified atom stereocenters. The molecule has 1 amide bonds. The first-order valence-electron chi connectivity index (χ1n) is 8.12. The van der Waals surface area contributed by atoms with Crippen LogP contribution in [0.5, 0.6) is 5.75 Å². The lowest BCUT2D eigenvalue weighted by Crippen LogP contribution is -2.41. The van der Waals surface area contributed by atoms with Crippen LogP contribution in [0.4, 0.5) is 11.4 Å². The van der Waals surface area contributed by atoms with Gasteiger partial charge < -0.3 is 14.7 Å². The average molecular weight is 390 g/mol. The maximum atomic E-state index is 12.7. The fourth-order valence-electron chi connectivity index (χ4n) is 2.81. The summed E-state index contributed by atoms with van der Waals surface area (Å²) < 4.78 is 33.4.